The minimum atomic E-state index is -3.90. The van der Waals surface area contributed by atoms with Crippen LogP contribution in [-0.4, -0.2) is 20.4 Å². The second-order valence-corrected chi connectivity index (χ2v) is 9.29. The van der Waals surface area contributed by atoms with E-state index in [1.165, 1.54) is 19.1 Å². The lowest BCUT2D eigenvalue weighted by Crippen LogP contribution is -2.40. The van der Waals surface area contributed by atoms with Crippen molar-refractivity contribution in [2.75, 3.05) is 0 Å². The van der Waals surface area contributed by atoms with Crippen molar-refractivity contribution < 1.29 is 22.4 Å². The Morgan fingerprint density at radius 3 is 2.28 bits per heavy atom. The number of rotatable bonds is 5. The maximum atomic E-state index is 12.6. The molecule has 7 nitrogen and oxygen atoms in total. The van der Waals surface area contributed by atoms with Crippen LogP contribution in [0.15, 0.2) is 74.8 Å². The molecule has 0 saturated heterocycles. The van der Waals surface area contributed by atoms with Gasteiger partial charge in [0, 0.05) is 10.9 Å². The summed E-state index contributed by atoms with van der Waals surface area (Å²) in [5, 5.41) is 1.91. The summed E-state index contributed by atoms with van der Waals surface area (Å²) in [5.41, 5.74) is 1.21. The van der Waals surface area contributed by atoms with Gasteiger partial charge in [0.15, 0.2) is 0 Å². The predicted molar refractivity (Wildman–Crippen MR) is 121 cm³/mol. The molecular weight excluding hydrogens is 430 g/mol. The molecule has 1 heterocycles. The van der Waals surface area contributed by atoms with Crippen LogP contribution in [-0.2, 0) is 14.8 Å². The molecule has 0 aliphatic carbocycles. The van der Waals surface area contributed by atoms with Crippen molar-refractivity contribution in [3.63, 3.8) is 0 Å². The monoisotopic (exact) mass is 451 g/mol. The highest BCUT2D eigenvalue weighted by Gasteiger charge is 2.24. The van der Waals surface area contributed by atoms with Crippen LogP contribution in [0.3, 0.4) is 0 Å². The molecule has 0 amide bonds. The van der Waals surface area contributed by atoms with Gasteiger partial charge in [-0.25, -0.2) is 18.0 Å². The smallest absolute Gasteiger partial charge is 0.344 e. The van der Waals surface area contributed by atoms with Gasteiger partial charge in [-0.15, -0.1) is 0 Å². The van der Waals surface area contributed by atoms with E-state index in [4.69, 9.17) is 9.15 Å². The van der Waals surface area contributed by atoms with Gasteiger partial charge in [-0.3, -0.25) is 0 Å². The lowest BCUT2D eigenvalue weighted by Gasteiger charge is -2.15. The number of carbonyl (C=O) groups is 1. The third-order valence-electron chi connectivity index (χ3n) is 5.22. The van der Waals surface area contributed by atoms with Crippen molar-refractivity contribution in [1.82, 2.24) is 4.72 Å². The largest absolute Gasteiger partial charge is 0.425 e. The molecule has 4 rings (SSSR count). The molecule has 164 valence electrons. The van der Waals surface area contributed by atoms with Gasteiger partial charge in [0.2, 0.25) is 10.0 Å². The van der Waals surface area contributed by atoms with Crippen LogP contribution in [0, 0.1) is 13.8 Å². The summed E-state index contributed by atoms with van der Waals surface area (Å²) in [5.74, 6) is -0.603. The zero-order valence-corrected chi connectivity index (χ0v) is 18.5. The average molecular weight is 452 g/mol. The first-order valence-corrected chi connectivity index (χ1v) is 11.4. The summed E-state index contributed by atoms with van der Waals surface area (Å²) in [6, 6.07) is 15.5. The highest BCUT2D eigenvalue weighted by atomic mass is 32.2. The number of hydrogen-bond acceptors (Lipinski definition) is 6. The molecule has 1 atom stereocenters. The van der Waals surface area contributed by atoms with Crippen LogP contribution in [0.4, 0.5) is 0 Å². The number of fused-ring (bicyclic) bond motifs is 3. The van der Waals surface area contributed by atoms with Crippen LogP contribution in [0.2, 0.25) is 0 Å². The van der Waals surface area contributed by atoms with Gasteiger partial charge in [-0.2, -0.15) is 4.72 Å². The molecule has 3 aromatic carbocycles. The predicted octanol–water partition coefficient (Wildman–Crippen LogP) is 3.84. The number of sulfonamides is 1. The molecule has 0 spiro atoms. The van der Waals surface area contributed by atoms with E-state index in [1.807, 2.05) is 19.1 Å². The van der Waals surface area contributed by atoms with Crippen LogP contribution < -0.4 is 15.1 Å². The lowest BCUT2D eigenvalue weighted by molar-refractivity contribution is -0.135. The molecule has 4 aromatic rings. The summed E-state index contributed by atoms with van der Waals surface area (Å²) in [4.78, 5) is 25.0. The maximum Gasteiger partial charge on any atom is 0.344 e. The number of nitrogens with one attached hydrogen (secondary N) is 1. The Labute approximate surface area is 184 Å². The minimum absolute atomic E-state index is 0.0540. The van der Waals surface area contributed by atoms with E-state index >= 15 is 0 Å². The lowest BCUT2D eigenvalue weighted by atomic mass is 10.0. The first-order valence-electron chi connectivity index (χ1n) is 9.93. The minimum Gasteiger partial charge on any atom is -0.425 e. The van der Waals surface area contributed by atoms with E-state index in [2.05, 4.69) is 4.72 Å². The maximum absolute atomic E-state index is 12.6. The van der Waals surface area contributed by atoms with Crippen LogP contribution in [0.1, 0.15) is 18.1 Å². The van der Waals surface area contributed by atoms with Crippen LogP contribution >= 0.6 is 0 Å². The Morgan fingerprint density at radius 1 is 0.938 bits per heavy atom. The van der Waals surface area contributed by atoms with E-state index in [0.29, 0.717) is 21.9 Å². The van der Waals surface area contributed by atoms with Gasteiger partial charge in [0.25, 0.3) is 0 Å². The number of ether oxygens (including phenoxy) is 1. The summed E-state index contributed by atoms with van der Waals surface area (Å²) < 4.78 is 38.3. The van der Waals surface area contributed by atoms with E-state index in [0.717, 1.165) is 10.9 Å². The molecule has 0 aliphatic rings. The fourth-order valence-corrected chi connectivity index (χ4v) is 4.63. The number of carbonyl (C=O) groups excluding carboxylic acids is 1. The molecular formula is C24H21NO6S. The standard InChI is InChI=1S/C24H21NO6S/c1-14-8-10-17(11-9-14)32(28,29)25-16(3)23(26)30-21-13-12-19-18-6-4-5-7-20(18)24(27)31-22(19)15(21)2/h4-13,16,25H,1-3H3/t16-/m1/s1. The Bertz CT molecular complexity index is 1500. The molecule has 8 heteroatoms. The molecule has 0 fully saturated rings. The number of aryl methyl sites for hydroxylation is 2. The quantitative estimate of drug-likeness (QED) is 0.214. The van der Waals surface area contributed by atoms with Crippen molar-refractivity contribution in [2.24, 2.45) is 0 Å². The average Bonchev–Trinajstić information content (AvgIpc) is 2.76. The van der Waals surface area contributed by atoms with Gasteiger partial charge in [0.1, 0.15) is 17.4 Å². The first-order chi connectivity index (χ1) is 15.2. The second kappa shape index (κ2) is 8.22. The number of hydrogen-bond donors (Lipinski definition) is 1. The highest BCUT2D eigenvalue weighted by molar-refractivity contribution is 7.89. The molecule has 0 unspecified atom stereocenters. The van der Waals surface area contributed by atoms with Gasteiger partial charge in [-0.1, -0.05) is 35.9 Å². The van der Waals surface area contributed by atoms with Crippen molar-refractivity contribution >= 4 is 37.7 Å². The Kier molecular flexibility index (Phi) is 5.58. The van der Waals surface area contributed by atoms with Crippen LogP contribution in [0.5, 0.6) is 5.75 Å². The fraction of sp³-hybridized carbons (Fsp3) is 0.167. The van der Waals surface area contributed by atoms with Crippen molar-refractivity contribution in [1.29, 1.82) is 0 Å². The summed E-state index contributed by atoms with van der Waals surface area (Å²) in [6.07, 6.45) is 0. The van der Waals surface area contributed by atoms with Crippen molar-refractivity contribution in [3.05, 3.63) is 82.2 Å². The zero-order valence-electron chi connectivity index (χ0n) is 17.7. The Hall–Kier alpha value is -3.49. The van der Waals surface area contributed by atoms with Gasteiger partial charge in [-0.05, 0) is 56.5 Å². The molecule has 0 radical (unpaired) electrons. The van der Waals surface area contributed by atoms with Crippen molar-refractivity contribution in [3.8, 4) is 5.75 Å². The fourth-order valence-electron chi connectivity index (χ4n) is 3.43. The summed E-state index contributed by atoms with van der Waals surface area (Å²) >= 11 is 0. The Morgan fingerprint density at radius 2 is 1.59 bits per heavy atom. The van der Waals surface area contributed by atoms with Crippen LogP contribution in [0.25, 0.3) is 21.7 Å². The molecule has 32 heavy (non-hydrogen) atoms. The van der Waals surface area contributed by atoms with Gasteiger partial charge >= 0.3 is 11.6 Å². The zero-order chi connectivity index (χ0) is 23.0. The molecule has 0 saturated carbocycles. The molecule has 1 aromatic heterocycles. The normalized spacial score (nSPS) is 12.7. The van der Waals surface area contributed by atoms with Crippen molar-refractivity contribution in [2.45, 2.75) is 31.7 Å². The third-order valence-corrected chi connectivity index (χ3v) is 6.77. The van der Waals surface area contributed by atoms with E-state index in [9.17, 15) is 18.0 Å². The second-order valence-electron chi connectivity index (χ2n) is 7.58. The Balaban J connectivity index is 1.60. The summed E-state index contributed by atoms with van der Waals surface area (Å²) in [7, 11) is -3.90. The summed E-state index contributed by atoms with van der Waals surface area (Å²) in [6.45, 7) is 4.92. The molecule has 1 N–H and O–H groups in total. The highest BCUT2D eigenvalue weighted by Crippen LogP contribution is 2.31. The van der Waals surface area contributed by atoms with Gasteiger partial charge < -0.3 is 9.15 Å². The van der Waals surface area contributed by atoms with E-state index in [1.54, 1.807) is 43.3 Å². The van der Waals surface area contributed by atoms with E-state index < -0.39 is 27.7 Å². The van der Waals surface area contributed by atoms with E-state index in [-0.39, 0.29) is 10.6 Å². The first kappa shape index (κ1) is 21.7. The molecule has 0 bridgehead atoms. The van der Waals surface area contributed by atoms with Gasteiger partial charge in [0.05, 0.1) is 10.3 Å². The topological polar surface area (TPSA) is 103 Å². The third kappa shape index (κ3) is 4.02. The number of esters is 1. The number of benzene rings is 3. The SMILES string of the molecule is Cc1ccc(S(=O)(=O)N[C@H](C)C(=O)Oc2ccc3c(oc(=O)c4ccccc43)c2C)cc1. The molecule has 0 aliphatic heterocycles.